The lowest BCUT2D eigenvalue weighted by Crippen LogP contribution is -2.25. The van der Waals surface area contributed by atoms with Crippen LogP contribution in [0.4, 0.5) is 19.1 Å². The number of fused-ring (bicyclic) bond motifs is 1. The molecule has 1 amide bonds. The van der Waals surface area contributed by atoms with Gasteiger partial charge in [-0.3, -0.25) is 10.1 Å². The number of aliphatic carboxylic acids is 1. The molecule has 0 aliphatic carbocycles. The predicted octanol–water partition coefficient (Wildman–Crippen LogP) is 2.41. The highest BCUT2D eigenvalue weighted by Gasteiger charge is 2.38. The van der Waals surface area contributed by atoms with E-state index in [2.05, 4.69) is 20.6 Å². The van der Waals surface area contributed by atoms with Gasteiger partial charge in [0.05, 0.1) is 17.9 Å². The first-order chi connectivity index (χ1) is 13.7. The van der Waals surface area contributed by atoms with Gasteiger partial charge in [0.15, 0.2) is 0 Å². The number of rotatable bonds is 4. The maximum Gasteiger partial charge on any atom is 0.490 e. The third-order valence-corrected chi connectivity index (χ3v) is 3.71. The number of alkyl halides is 3. The van der Waals surface area contributed by atoms with E-state index in [0.717, 1.165) is 30.8 Å². The highest BCUT2D eigenvalue weighted by Crippen LogP contribution is 2.19. The number of ether oxygens (including phenoxy) is 1. The number of carbonyl (C=O) groups is 2. The second-order valence-corrected chi connectivity index (χ2v) is 5.78. The topological polar surface area (TPSA) is 113 Å². The Kier molecular flexibility index (Phi) is 7.48. The number of para-hydroxylation sites is 1. The van der Waals surface area contributed by atoms with Crippen molar-refractivity contribution in [3.63, 3.8) is 0 Å². The number of halogens is 3. The van der Waals surface area contributed by atoms with Crippen molar-refractivity contribution < 1.29 is 32.6 Å². The summed E-state index contributed by atoms with van der Waals surface area (Å²) in [7, 11) is 0. The van der Waals surface area contributed by atoms with Crippen LogP contribution in [0, 0.1) is 0 Å². The van der Waals surface area contributed by atoms with Crippen LogP contribution in [0.5, 0.6) is 5.75 Å². The van der Waals surface area contributed by atoms with Crippen LogP contribution in [-0.2, 0) is 17.8 Å². The number of carboxylic acids is 1. The molecule has 0 saturated carbocycles. The molecule has 0 bridgehead atoms. The van der Waals surface area contributed by atoms with E-state index >= 15 is 0 Å². The van der Waals surface area contributed by atoms with Gasteiger partial charge < -0.3 is 15.2 Å². The van der Waals surface area contributed by atoms with Crippen molar-refractivity contribution in [3.05, 3.63) is 47.3 Å². The first kappa shape index (κ1) is 22.1. The van der Waals surface area contributed by atoms with Crippen molar-refractivity contribution in [1.82, 2.24) is 15.3 Å². The molecule has 29 heavy (non-hydrogen) atoms. The molecule has 156 valence electrons. The average Bonchev–Trinajstić information content (AvgIpc) is 2.68. The summed E-state index contributed by atoms with van der Waals surface area (Å²) in [6, 6.07) is 7.14. The number of benzene rings is 1. The number of amides is 1. The summed E-state index contributed by atoms with van der Waals surface area (Å²) in [4.78, 5) is 29.9. The highest BCUT2D eigenvalue weighted by molar-refractivity contribution is 6.05. The molecule has 1 aliphatic rings. The molecule has 0 saturated heterocycles. The second kappa shape index (κ2) is 9.82. The molecule has 11 heteroatoms. The summed E-state index contributed by atoms with van der Waals surface area (Å²) >= 11 is 0. The lowest BCUT2D eigenvalue weighted by Gasteiger charge is -2.16. The number of aromatic nitrogens is 2. The standard InChI is InChI=1S/C16H18N4O2.C2HF3O2/c1-2-22-14-6-4-3-5-12(14)15(21)20-16-18-10-11-9-17-8-7-13(11)19-16;3-2(4,5)1(6)7/h3-6,10,17H,2,7-9H2,1H3,(H,18,19,20,21);(H,6,7). The van der Waals surface area contributed by atoms with E-state index in [-0.39, 0.29) is 5.91 Å². The van der Waals surface area contributed by atoms with E-state index in [0.29, 0.717) is 23.9 Å². The highest BCUT2D eigenvalue weighted by atomic mass is 19.4. The Balaban J connectivity index is 0.000000370. The number of nitrogens with one attached hydrogen (secondary N) is 2. The summed E-state index contributed by atoms with van der Waals surface area (Å²) in [5.41, 5.74) is 2.55. The first-order valence-corrected chi connectivity index (χ1v) is 8.61. The lowest BCUT2D eigenvalue weighted by molar-refractivity contribution is -0.192. The Bertz CT molecular complexity index is 874. The number of carbonyl (C=O) groups excluding carboxylic acids is 1. The largest absolute Gasteiger partial charge is 0.493 e. The van der Waals surface area contributed by atoms with E-state index < -0.39 is 12.1 Å². The van der Waals surface area contributed by atoms with Gasteiger partial charge in [0.2, 0.25) is 5.95 Å². The predicted molar refractivity (Wildman–Crippen MR) is 96.7 cm³/mol. The van der Waals surface area contributed by atoms with E-state index in [9.17, 15) is 18.0 Å². The van der Waals surface area contributed by atoms with Crippen LogP contribution in [0.3, 0.4) is 0 Å². The maximum atomic E-state index is 12.4. The maximum absolute atomic E-state index is 12.4. The van der Waals surface area contributed by atoms with E-state index in [4.69, 9.17) is 14.6 Å². The fourth-order valence-electron chi connectivity index (χ4n) is 2.40. The summed E-state index contributed by atoms with van der Waals surface area (Å²) in [5, 5.41) is 13.1. The van der Waals surface area contributed by atoms with Crippen LogP contribution in [0.1, 0.15) is 28.5 Å². The average molecular weight is 412 g/mol. The van der Waals surface area contributed by atoms with Crippen molar-refractivity contribution in [2.45, 2.75) is 26.1 Å². The van der Waals surface area contributed by atoms with Gasteiger partial charge >= 0.3 is 12.1 Å². The Morgan fingerprint density at radius 1 is 1.31 bits per heavy atom. The smallest absolute Gasteiger partial charge is 0.490 e. The third-order valence-electron chi connectivity index (χ3n) is 3.71. The molecule has 8 nitrogen and oxygen atoms in total. The molecule has 1 aromatic carbocycles. The molecule has 1 aliphatic heterocycles. The van der Waals surface area contributed by atoms with Gasteiger partial charge in [-0.1, -0.05) is 12.1 Å². The van der Waals surface area contributed by atoms with Crippen molar-refractivity contribution in [1.29, 1.82) is 0 Å². The lowest BCUT2D eigenvalue weighted by atomic mass is 10.1. The van der Waals surface area contributed by atoms with Crippen LogP contribution >= 0.6 is 0 Å². The van der Waals surface area contributed by atoms with Gasteiger partial charge in [-0.15, -0.1) is 0 Å². The van der Waals surface area contributed by atoms with Crippen LogP contribution in [0.25, 0.3) is 0 Å². The summed E-state index contributed by atoms with van der Waals surface area (Å²) in [6.45, 7) is 4.06. The van der Waals surface area contributed by atoms with Gasteiger partial charge in [-0.05, 0) is 19.1 Å². The first-order valence-electron chi connectivity index (χ1n) is 8.61. The molecular weight excluding hydrogens is 393 g/mol. The Hall–Kier alpha value is -3.21. The van der Waals surface area contributed by atoms with Crippen molar-refractivity contribution >= 4 is 17.8 Å². The molecule has 2 aromatic rings. The quantitative estimate of drug-likeness (QED) is 0.707. The second-order valence-electron chi connectivity index (χ2n) is 5.78. The number of hydrogen-bond donors (Lipinski definition) is 3. The summed E-state index contributed by atoms with van der Waals surface area (Å²) in [6.07, 6.45) is -2.48. The number of hydrogen-bond acceptors (Lipinski definition) is 6. The molecule has 0 fully saturated rings. The van der Waals surface area contributed by atoms with Crippen molar-refractivity contribution in [2.24, 2.45) is 0 Å². The van der Waals surface area contributed by atoms with Crippen LogP contribution < -0.4 is 15.4 Å². The van der Waals surface area contributed by atoms with E-state index in [1.54, 1.807) is 24.4 Å². The van der Waals surface area contributed by atoms with Crippen LogP contribution in [0.15, 0.2) is 30.5 Å². The Morgan fingerprint density at radius 3 is 2.66 bits per heavy atom. The van der Waals surface area contributed by atoms with E-state index in [1.807, 2.05) is 13.0 Å². The molecule has 0 atom stereocenters. The molecule has 0 spiro atoms. The van der Waals surface area contributed by atoms with Gasteiger partial charge in [-0.25, -0.2) is 14.8 Å². The monoisotopic (exact) mass is 412 g/mol. The molecule has 3 N–H and O–H groups in total. The zero-order chi connectivity index (χ0) is 21.4. The Labute approximate surface area is 164 Å². The van der Waals surface area contributed by atoms with Crippen LogP contribution in [-0.4, -0.2) is 46.3 Å². The van der Waals surface area contributed by atoms with Gasteiger partial charge in [0.1, 0.15) is 5.75 Å². The third kappa shape index (κ3) is 6.42. The zero-order valence-electron chi connectivity index (χ0n) is 15.4. The number of carboxylic acid groups (broad SMARTS) is 1. The molecule has 0 radical (unpaired) electrons. The van der Waals surface area contributed by atoms with E-state index in [1.165, 1.54) is 0 Å². The normalized spacial score (nSPS) is 12.8. The minimum atomic E-state index is -5.08. The Morgan fingerprint density at radius 2 is 2.00 bits per heavy atom. The summed E-state index contributed by atoms with van der Waals surface area (Å²) in [5.74, 6) is -2.13. The molecular formula is C18H19F3N4O4. The molecule has 3 rings (SSSR count). The molecule has 2 heterocycles. The van der Waals surface area contributed by atoms with Crippen molar-refractivity contribution in [3.8, 4) is 5.75 Å². The fourth-order valence-corrected chi connectivity index (χ4v) is 2.40. The minimum absolute atomic E-state index is 0.266. The van der Waals surface area contributed by atoms with Crippen molar-refractivity contribution in [2.75, 3.05) is 18.5 Å². The van der Waals surface area contributed by atoms with Gasteiger partial charge in [-0.2, -0.15) is 13.2 Å². The number of nitrogens with zero attached hydrogens (tertiary/aromatic N) is 2. The molecule has 1 aromatic heterocycles. The van der Waals surface area contributed by atoms with Crippen LogP contribution in [0.2, 0.25) is 0 Å². The fraction of sp³-hybridized carbons (Fsp3) is 0.333. The SMILES string of the molecule is CCOc1ccccc1C(=O)Nc1ncc2c(n1)CCNC2.O=C(O)C(F)(F)F. The molecule has 0 unspecified atom stereocenters. The summed E-state index contributed by atoms with van der Waals surface area (Å²) < 4.78 is 37.2. The number of anilines is 1. The minimum Gasteiger partial charge on any atom is -0.493 e. The van der Waals surface area contributed by atoms with Gasteiger partial charge in [0.25, 0.3) is 5.91 Å². The zero-order valence-corrected chi connectivity index (χ0v) is 15.4. The van der Waals surface area contributed by atoms with Gasteiger partial charge in [0, 0.05) is 31.3 Å².